The number of hydrogen-bond donors (Lipinski definition) is 1. The summed E-state index contributed by atoms with van der Waals surface area (Å²) in [5, 5.41) is 14.3. The molecule has 0 bridgehead atoms. The highest BCUT2D eigenvalue weighted by molar-refractivity contribution is 5.62. The van der Waals surface area contributed by atoms with Crippen molar-refractivity contribution in [1.29, 1.82) is 0 Å². The summed E-state index contributed by atoms with van der Waals surface area (Å²) in [6, 6.07) is 0.137. The standard InChI is InChI=1S/C13H23N5O2/c1-7-14-13-15-9(4)11(18(19)20)12(16-13)17(6)10(5)8(2)3/h8,10H,7H2,1-6H3,(H,14,15,16). The quantitative estimate of drug-likeness (QED) is 0.637. The number of nitrogens with one attached hydrogen (secondary N) is 1. The summed E-state index contributed by atoms with van der Waals surface area (Å²) in [6.45, 7) is 10.4. The predicted octanol–water partition coefficient (Wildman–Crippen LogP) is 2.61. The summed E-state index contributed by atoms with van der Waals surface area (Å²) >= 11 is 0. The molecular weight excluding hydrogens is 258 g/mol. The summed E-state index contributed by atoms with van der Waals surface area (Å²) < 4.78 is 0. The third-order valence-electron chi connectivity index (χ3n) is 3.47. The number of hydrogen-bond acceptors (Lipinski definition) is 6. The summed E-state index contributed by atoms with van der Waals surface area (Å²) in [4.78, 5) is 21.2. The fourth-order valence-corrected chi connectivity index (χ4v) is 1.89. The van der Waals surface area contributed by atoms with Crippen LogP contribution in [0.2, 0.25) is 0 Å². The molecule has 0 fully saturated rings. The average Bonchev–Trinajstić information content (AvgIpc) is 2.35. The molecule has 1 heterocycles. The molecule has 0 saturated heterocycles. The molecule has 0 radical (unpaired) electrons. The zero-order chi connectivity index (χ0) is 15.4. The van der Waals surface area contributed by atoms with Crippen LogP contribution in [0.25, 0.3) is 0 Å². The SMILES string of the molecule is CCNc1nc(C)c([N+](=O)[O-])c(N(C)C(C)C(C)C)n1. The molecule has 1 unspecified atom stereocenters. The van der Waals surface area contributed by atoms with Crippen LogP contribution in [0.4, 0.5) is 17.5 Å². The van der Waals surface area contributed by atoms with Gasteiger partial charge in [0.15, 0.2) is 0 Å². The van der Waals surface area contributed by atoms with Gasteiger partial charge in [-0.1, -0.05) is 13.8 Å². The maximum absolute atomic E-state index is 11.3. The van der Waals surface area contributed by atoms with E-state index in [4.69, 9.17) is 0 Å². The second-order valence-corrected chi connectivity index (χ2v) is 5.19. The van der Waals surface area contributed by atoms with Crippen molar-refractivity contribution in [2.75, 3.05) is 23.8 Å². The fraction of sp³-hybridized carbons (Fsp3) is 0.692. The molecule has 0 amide bonds. The van der Waals surface area contributed by atoms with E-state index >= 15 is 0 Å². The molecule has 0 aliphatic carbocycles. The van der Waals surface area contributed by atoms with E-state index in [0.29, 0.717) is 29.9 Å². The molecule has 7 heteroatoms. The second-order valence-electron chi connectivity index (χ2n) is 5.19. The number of anilines is 2. The topological polar surface area (TPSA) is 84.2 Å². The summed E-state index contributed by atoms with van der Waals surface area (Å²) in [7, 11) is 1.83. The Morgan fingerprint density at radius 2 is 1.95 bits per heavy atom. The highest BCUT2D eigenvalue weighted by atomic mass is 16.6. The third-order valence-corrected chi connectivity index (χ3v) is 3.47. The van der Waals surface area contributed by atoms with Crippen LogP contribution in [0, 0.1) is 23.0 Å². The largest absolute Gasteiger partial charge is 0.354 e. The van der Waals surface area contributed by atoms with Gasteiger partial charge in [0.05, 0.1) is 4.92 Å². The number of rotatable bonds is 6. The Hall–Kier alpha value is -1.92. The third kappa shape index (κ3) is 3.34. The zero-order valence-corrected chi connectivity index (χ0v) is 13.0. The van der Waals surface area contributed by atoms with Gasteiger partial charge in [0.1, 0.15) is 5.69 Å². The molecule has 0 spiro atoms. The van der Waals surface area contributed by atoms with Gasteiger partial charge in [0.2, 0.25) is 11.8 Å². The Balaban J connectivity index is 3.36. The van der Waals surface area contributed by atoms with E-state index < -0.39 is 4.92 Å². The number of aryl methyl sites for hydroxylation is 1. The number of nitro groups is 1. The van der Waals surface area contributed by atoms with E-state index in [1.54, 1.807) is 6.92 Å². The van der Waals surface area contributed by atoms with Crippen LogP contribution >= 0.6 is 0 Å². The lowest BCUT2D eigenvalue weighted by molar-refractivity contribution is -0.385. The van der Waals surface area contributed by atoms with Crippen molar-refractivity contribution in [1.82, 2.24) is 9.97 Å². The van der Waals surface area contributed by atoms with Crippen LogP contribution in [-0.4, -0.2) is 34.5 Å². The van der Waals surface area contributed by atoms with E-state index in [1.807, 2.05) is 25.8 Å². The van der Waals surface area contributed by atoms with Gasteiger partial charge in [-0.3, -0.25) is 10.1 Å². The lowest BCUT2D eigenvalue weighted by atomic mass is 10.1. The monoisotopic (exact) mass is 281 g/mol. The van der Waals surface area contributed by atoms with Gasteiger partial charge in [-0.15, -0.1) is 0 Å². The zero-order valence-electron chi connectivity index (χ0n) is 13.0. The first-order valence-electron chi connectivity index (χ1n) is 6.79. The molecule has 1 aromatic rings. The molecular formula is C13H23N5O2. The van der Waals surface area contributed by atoms with Crippen molar-refractivity contribution in [2.24, 2.45) is 5.92 Å². The van der Waals surface area contributed by atoms with Crippen LogP contribution in [0.3, 0.4) is 0 Å². The molecule has 0 saturated carbocycles. The van der Waals surface area contributed by atoms with Crippen molar-refractivity contribution < 1.29 is 4.92 Å². The first-order chi connectivity index (χ1) is 9.29. The summed E-state index contributed by atoms with van der Waals surface area (Å²) in [6.07, 6.45) is 0. The molecule has 1 aromatic heterocycles. The number of nitrogens with zero attached hydrogens (tertiary/aromatic N) is 4. The minimum Gasteiger partial charge on any atom is -0.354 e. The van der Waals surface area contributed by atoms with Crippen LogP contribution in [-0.2, 0) is 0 Å². The Kier molecular flexibility index (Phi) is 5.24. The van der Waals surface area contributed by atoms with E-state index in [2.05, 4.69) is 29.1 Å². The van der Waals surface area contributed by atoms with Crippen LogP contribution in [0.15, 0.2) is 0 Å². The molecule has 0 aliphatic heterocycles. The summed E-state index contributed by atoms with van der Waals surface area (Å²) in [5.74, 6) is 1.14. The van der Waals surface area contributed by atoms with Crippen molar-refractivity contribution in [3.05, 3.63) is 15.8 Å². The van der Waals surface area contributed by atoms with E-state index in [1.165, 1.54) is 0 Å². The van der Waals surface area contributed by atoms with Gasteiger partial charge in [-0.25, -0.2) is 4.98 Å². The molecule has 20 heavy (non-hydrogen) atoms. The first-order valence-corrected chi connectivity index (χ1v) is 6.79. The second kappa shape index (κ2) is 6.49. The van der Waals surface area contributed by atoms with Gasteiger partial charge >= 0.3 is 5.69 Å². The highest BCUT2D eigenvalue weighted by Gasteiger charge is 2.27. The van der Waals surface area contributed by atoms with Crippen molar-refractivity contribution in [3.8, 4) is 0 Å². The van der Waals surface area contributed by atoms with Gasteiger partial charge in [0.25, 0.3) is 0 Å². The Morgan fingerprint density at radius 3 is 2.40 bits per heavy atom. The Bertz CT molecular complexity index is 490. The van der Waals surface area contributed by atoms with E-state index in [9.17, 15) is 10.1 Å². The van der Waals surface area contributed by atoms with Crippen molar-refractivity contribution in [2.45, 2.75) is 40.7 Å². The van der Waals surface area contributed by atoms with Crippen molar-refractivity contribution >= 4 is 17.5 Å². The maximum atomic E-state index is 11.3. The molecule has 112 valence electrons. The van der Waals surface area contributed by atoms with Gasteiger partial charge < -0.3 is 10.2 Å². The molecule has 0 aliphatic rings. The fourth-order valence-electron chi connectivity index (χ4n) is 1.89. The smallest absolute Gasteiger partial charge is 0.332 e. The number of aromatic nitrogens is 2. The van der Waals surface area contributed by atoms with Crippen molar-refractivity contribution in [3.63, 3.8) is 0 Å². The predicted molar refractivity (Wildman–Crippen MR) is 80.3 cm³/mol. The van der Waals surface area contributed by atoms with E-state index in [-0.39, 0.29) is 11.7 Å². The molecule has 7 nitrogen and oxygen atoms in total. The normalized spacial score (nSPS) is 12.3. The van der Waals surface area contributed by atoms with Gasteiger partial charge in [-0.2, -0.15) is 4.98 Å². The maximum Gasteiger partial charge on any atom is 0.332 e. The summed E-state index contributed by atoms with van der Waals surface area (Å²) in [5.41, 5.74) is 0.348. The Labute approximate surface area is 119 Å². The molecule has 1 rings (SSSR count). The minimum absolute atomic E-state index is 0.0262. The van der Waals surface area contributed by atoms with Crippen LogP contribution < -0.4 is 10.2 Å². The van der Waals surface area contributed by atoms with E-state index in [0.717, 1.165) is 0 Å². The van der Waals surface area contributed by atoms with Crippen LogP contribution in [0.5, 0.6) is 0 Å². The lowest BCUT2D eigenvalue weighted by Gasteiger charge is -2.29. The Morgan fingerprint density at radius 1 is 1.35 bits per heavy atom. The molecule has 0 aromatic carbocycles. The average molecular weight is 281 g/mol. The molecule has 1 N–H and O–H groups in total. The van der Waals surface area contributed by atoms with Crippen LogP contribution in [0.1, 0.15) is 33.4 Å². The minimum atomic E-state index is -0.413. The first kappa shape index (κ1) is 16.1. The van der Waals surface area contributed by atoms with Gasteiger partial charge in [-0.05, 0) is 26.7 Å². The molecule has 1 atom stereocenters. The lowest BCUT2D eigenvalue weighted by Crippen LogP contribution is -2.34. The van der Waals surface area contributed by atoms with Gasteiger partial charge in [0, 0.05) is 19.6 Å². The highest BCUT2D eigenvalue weighted by Crippen LogP contribution is 2.31.